The number of aromatic nitrogens is 2. The topological polar surface area (TPSA) is 52.1 Å². The third-order valence-corrected chi connectivity index (χ3v) is 1.14. The average molecular weight is 262 g/mol. The van der Waals surface area contributed by atoms with Gasteiger partial charge in [-0.25, -0.2) is 9.97 Å². The molecule has 4 nitrogen and oxygen atoms in total. The van der Waals surface area contributed by atoms with E-state index in [4.69, 9.17) is 0 Å². The maximum atomic E-state index is 9.44. The Morgan fingerprint density at radius 3 is 1.16 bits per heavy atom. The first kappa shape index (κ1) is 19.3. The molecule has 0 N–H and O–H groups in total. The highest BCUT2D eigenvalue weighted by atomic mass is 16.4. The SMILES string of the molecule is CC(C)=O.COC.c1ccccc1.c1cncnc1. The van der Waals surface area contributed by atoms with E-state index in [1.807, 2.05) is 36.4 Å². The Labute approximate surface area is 115 Å². The summed E-state index contributed by atoms with van der Waals surface area (Å²) in [6.07, 6.45) is 4.88. The lowest BCUT2D eigenvalue weighted by Gasteiger charge is -1.70. The minimum absolute atomic E-state index is 0.167. The number of methoxy groups -OCH3 is 1. The number of hydrogen-bond acceptors (Lipinski definition) is 4. The van der Waals surface area contributed by atoms with E-state index >= 15 is 0 Å². The number of ether oxygens (including phenoxy) is 1. The predicted molar refractivity (Wildman–Crippen MR) is 77.8 cm³/mol. The van der Waals surface area contributed by atoms with Gasteiger partial charge in [-0.2, -0.15) is 0 Å². The molecule has 19 heavy (non-hydrogen) atoms. The van der Waals surface area contributed by atoms with E-state index in [0.717, 1.165) is 0 Å². The number of ketones is 1. The molecular formula is C15H22N2O2. The highest BCUT2D eigenvalue weighted by Gasteiger charge is 1.62. The first-order valence-electron chi connectivity index (χ1n) is 5.72. The molecule has 1 aromatic carbocycles. The molecule has 0 fully saturated rings. The number of benzene rings is 1. The molecule has 0 aliphatic carbocycles. The number of nitrogens with zero attached hydrogens (tertiary/aromatic N) is 2. The highest BCUT2D eigenvalue weighted by Crippen LogP contribution is 1.79. The van der Waals surface area contributed by atoms with E-state index in [2.05, 4.69) is 14.7 Å². The Bertz CT molecular complexity index is 278. The summed E-state index contributed by atoms with van der Waals surface area (Å²) in [5, 5.41) is 0. The van der Waals surface area contributed by atoms with Gasteiger partial charge in [0.2, 0.25) is 0 Å². The van der Waals surface area contributed by atoms with Crippen molar-refractivity contribution >= 4 is 5.78 Å². The van der Waals surface area contributed by atoms with Crippen LogP contribution in [-0.4, -0.2) is 30.0 Å². The van der Waals surface area contributed by atoms with E-state index in [0.29, 0.717) is 0 Å². The molecule has 0 saturated heterocycles. The molecule has 4 heteroatoms. The van der Waals surface area contributed by atoms with Gasteiger partial charge >= 0.3 is 0 Å². The second kappa shape index (κ2) is 18.3. The summed E-state index contributed by atoms with van der Waals surface area (Å²) in [5.74, 6) is 0.167. The summed E-state index contributed by atoms with van der Waals surface area (Å²) in [6, 6.07) is 13.8. The van der Waals surface area contributed by atoms with Crippen molar-refractivity contribution < 1.29 is 9.53 Å². The van der Waals surface area contributed by atoms with Crippen molar-refractivity contribution in [2.45, 2.75) is 13.8 Å². The zero-order chi connectivity index (χ0) is 14.8. The van der Waals surface area contributed by atoms with Crippen LogP contribution < -0.4 is 0 Å². The molecule has 2 rings (SSSR count). The van der Waals surface area contributed by atoms with Gasteiger partial charge in [0, 0.05) is 26.6 Å². The van der Waals surface area contributed by atoms with Crippen LogP contribution in [-0.2, 0) is 9.53 Å². The van der Waals surface area contributed by atoms with Crippen molar-refractivity contribution in [3.8, 4) is 0 Å². The van der Waals surface area contributed by atoms with Crippen LogP contribution in [0.3, 0.4) is 0 Å². The Morgan fingerprint density at radius 2 is 1.05 bits per heavy atom. The molecule has 0 spiro atoms. The van der Waals surface area contributed by atoms with Gasteiger partial charge in [-0.05, 0) is 19.9 Å². The number of rotatable bonds is 0. The van der Waals surface area contributed by atoms with E-state index < -0.39 is 0 Å². The highest BCUT2D eigenvalue weighted by molar-refractivity contribution is 5.72. The quantitative estimate of drug-likeness (QED) is 0.732. The largest absolute Gasteiger partial charge is 0.388 e. The molecule has 0 aliphatic heterocycles. The normalized spacial score (nSPS) is 7.37. The average Bonchev–Trinajstić information content (AvgIpc) is 2.44. The Kier molecular flexibility index (Phi) is 18.6. The Hall–Kier alpha value is -2.07. The smallest absolute Gasteiger partial charge is 0.126 e. The molecule has 0 bridgehead atoms. The zero-order valence-corrected chi connectivity index (χ0v) is 12.0. The van der Waals surface area contributed by atoms with E-state index in [1.54, 1.807) is 32.7 Å². The summed E-state index contributed by atoms with van der Waals surface area (Å²) >= 11 is 0. The molecule has 1 heterocycles. The van der Waals surface area contributed by atoms with Crippen LogP contribution in [0.4, 0.5) is 0 Å². The molecular weight excluding hydrogens is 240 g/mol. The molecule has 0 atom stereocenters. The number of hydrogen-bond donors (Lipinski definition) is 0. The van der Waals surface area contributed by atoms with Gasteiger partial charge in [-0.3, -0.25) is 0 Å². The summed E-state index contributed by atoms with van der Waals surface area (Å²) in [4.78, 5) is 16.8. The lowest BCUT2D eigenvalue weighted by atomic mass is 10.4. The third kappa shape index (κ3) is 31.3. The molecule has 0 aliphatic rings. The summed E-state index contributed by atoms with van der Waals surface area (Å²) in [5.41, 5.74) is 0. The van der Waals surface area contributed by atoms with Gasteiger partial charge in [0.15, 0.2) is 0 Å². The summed E-state index contributed by atoms with van der Waals surface area (Å²) in [6.45, 7) is 3.06. The van der Waals surface area contributed by atoms with E-state index in [-0.39, 0.29) is 5.78 Å². The maximum absolute atomic E-state index is 9.44. The molecule has 0 amide bonds. The zero-order valence-electron chi connectivity index (χ0n) is 12.0. The second-order valence-corrected chi connectivity index (χ2v) is 3.38. The van der Waals surface area contributed by atoms with Crippen LogP contribution >= 0.6 is 0 Å². The van der Waals surface area contributed by atoms with Crippen LogP contribution in [0.1, 0.15) is 13.8 Å². The molecule has 0 radical (unpaired) electrons. The van der Waals surface area contributed by atoms with Gasteiger partial charge in [-0.1, -0.05) is 36.4 Å². The minimum Gasteiger partial charge on any atom is -0.388 e. The standard InChI is InChI=1S/C6H6.C4H4N2.C3H6O.C2H6O/c1-2-4-6-5-3-1;1-2-5-4-6-3-1;1-3(2)4;1-3-2/h1-6H;1-4H;1-2H3;1-2H3. The first-order chi connectivity index (χ1) is 9.15. The Morgan fingerprint density at radius 1 is 0.789 bits per heavy atom. The fourth-order valence-corrected chi connectivity index (χ4v) is 0.638. The number of carbonyl (C=O) groups is 1. The van der Waals surface area contributed by atoms with E-state index in [9.17, 15) is 4.79 Å². The van der Waals surface area contributed by atoms with Crippen molar-refractivity contribution in [1.82, 2.24) is 9.97 Å². The van der Waals surface area contributed by atoms with Crippen LogP contribution in [0.2, 0.25) is 0 Å². The fraction of sp³-hybridized carbons (Fsp3) is 0.267. The number of Topliss-reactive ketones (excluding diaryl/α,β-unsaturated/α-hetero) is 1. The van der Waals surface area contributed by atoms with Gasteiger partial charge in [0.1, 0.15) is 12.1 Å². The lowest BCUT2D eigenvalue weighted by Crippen LogP contribution is -1.69. The van der Waals surface area contributed by atoms with Crippen LogP contribution in [0.5, 0.6) is 0 Å². The fourth-order valence-electron chi connectivity index (χ4n) is 0.638. The monoisotopic (exact) mass is 262 g/mol. The first-order valence-corrected chi connectivity index (χ1v) is 5.72. The van der Waals surface area contributed by atoms with Gasteiger partial charge in [0.05, 0.1) is 0 Å². The van der Waals surface area contributed by atoms with Gasteiger partial charge in [-0.15, -0.1) is 0 Å². The predicted octanol–water partition coefficient (Wildman–Crippen LogP) is 3.02. The maximum Gasteiger partial charge on any atom is 0.126 e. The molecule has 1 aromatic heterocycles. The van der Waals surface area contributed by atoms with Crippen molar-refractivity contribution in [1.29, 1.82) is 0 Å². The molecule has 2 aromatic rings. The second-order valence-electron chi connectivity index (χ2n) is 3.38. The van der Waals surface area contributed by atoms with Crippen molar-refractivity contribution in [3.05, 3.63) is 61.2 Å². The summed E-state index contributed by atoms with van der Waals surface area (Å²) < 4.78 is 4.25. The summed E-state index contributed by atoms with van der Waals surface area (Å²) in [7, 11) is 3.25. The Balaban J connectivity index is 0. The number of carbonyl (C=O) groups excluding carboxylic acids is 1. The van der Waals surface area contributed by atoms with Crippen LogP contribution in [0.25, 0.3) is 0 Å². The lowest BCUT2D eigenvalue weighted by molar-refractivity contribution is -0.114. The van der Waals surface area contributed by atoms with Gasteiger partial charge in [0.25, 0.3) is 0 Å². The molecule has 0 saturated carbocycles. The van der Waals surface area contributed by atoms with Crippen molar-refractivity contribution in [2.24, 2.45) is 0 Å². The van der Waals surface area contributed by atoms with Crippen LogP contribution in [0, 0.1) is 0 Å². The third-order valence-electron chi connectivity index (χ3n) is 1.14. The van der Waals surface area contributed by atoms with Crippen LogP contribution in [0.15, 0.2) is 61.2 Å². The minimum atomic E-state index is 0.167. The molecule has 104 valence electrons. The van der Waals surface area contributed by atoms with E-state index in [1.165, 1.54) is 20.2 Å². The van der Waals surface area contributed by atoms with Gasteiger partial charge < -0.3 is 9.53 Å². The van der Waals surface area contributed by atoms with Crippen molar-refractivity contribution in [3.63, 3.8) is 0 Å². The molecule has 0 unspecified atom stereocenters. The van der Waals surface area contributed by atoms with Crippen molar-refractivity contribution in [2.75, 3.05) is 14.2 Å².